The van der Waals surface area contributed by atoms with Crippen molar-refractivity contribution in [2.45, 2.75) is 52.6 Å². The summed E-state index contributed by atoms with van der Waals surface area (Å²) >= 11 is 0. The summed E-state index contributed by atoms with van der Waals surface area (Å²) in [4.78, 5) is 0. The van der Waals surface area contributed by atoms with E-state index in [2.05, 4.69) is 68.6 Å². The normalized spacial score (nSPS) is 12.8. The second kappa shape index (κ2) is 9.44. The van der Waals surface area contributed by atoms with Crippen molar-refractivity contribution in [3.8, 4) is 0 Å². The standard InChI is InChI=1S/C14H32N4OSi/c1-8-10-17(15-12(3)4)14(7,19-20)18(11-9-2)16-13(5)6/h8-9,12-13,15-16H,1-2,10-11H2,3-7,20H3. The first kappa shape index (κ1) is 19.5. The van der Waals surface area contributed by atoms with Crippen molar-refractivity contribution in [3.63, 3.8) is 0 Å². The van der Waals surface area contributed by atoms with Gasteiger partial charge in [-0.05, 0) is 34.6 Å². The van der Waals surface area contributed by atoms with Crippen LogP contribution < -0.4 is 10.9 Å². The number of hydrogen-bond donors (Lipinski definition) is 2. The molecule has 0 radical (unpaired) electrons. The molecule has 0 fully saturated rings. The van der Waals surface area contributed by atoms with Crippen LogP contribution in [0.15, 0.2) is 25.3 Å². The number of nitrogens with one attached hydrogen (secondary N) is 2. The zero-order valence-corrected chi connectivity index (χ0v) is 15.9. The van der Waals surface area contributed by atoms with Gasteiger partial charge in [0.1, 0.15) is 10.5 Å². The summed E-state index contributed by atoms with van der Waals surface area (Å²) in [6, 6.07) is 0.631. The Morgan fingerprint density at radius 1 is 1.05 bits per heavy atom. The molecule has 0 aliphatic rings. The van der Waals surface area contributed by atoms with Crippen LogP contribution >= 0.6 is 0 Å². The third-order valence-corrected chi connectivity index (χ3v) is 3.61. The third-order valence-electron chi connectivity index (χ3n) is 2.84. The molecule has 0 saturated heterocycles. The van der Waals surface area contributed by atoms with Crippen LogP contribution in [0.2, 0.25) is 0 Å². The van der Waals surface area contributed by atoms with Crippen molar-refractivity contribution < 1.29 is 4.43 Å². The molecule has 0 saturated carbocycles. The monoisotopic (exact) mass is 300 g/mol. The van der Waals surface area contributed by atoms with Crippen molar-refractivity contribution in [1.29, 1.82) is 0 Å². The first-order valence-electron chi connectivity index (χ1n) is 7.16. The Labute approximate surface area is 127 Å². The largest absolute Gasteiger partial charge is 0.397 e. The fraction of sp³-hybridized carbons (Fsp3) is 0.714. The summed E-state index contributed by atoms with van der Waals surface area (Å²) in [5, 5.41) is 4.13. The first-order chi connectivity index (χ1) is 9.31. The Hall–Kier alpha value is -0.503. The van der Waals surface area contributed by atoms with Crippen LogP contribution in [0.4, 0.5) is 0 Å². The summed E-state index contributed by atoms with van der Waals surface area (Å²) in [7, 11) is 0.626. The van der Waals surface area contributed by atoms with Gasteiger partial charge in [0, 0.05) is 25.2 Å². The summed E-state index contributed by atoms with van der Waals surface area (Å²) in [6.45, 7) is 19.5. The maximum Gasteiger partial charge on any atom is 0.192 e. The van der Waals surface area contributed by atoms with E-state index < -0.39 is 5.85 Å². The molecule has 0 aromatic carbocycles. The highest BCUT2D eigenvalue weighted by atomic mass is 28.2. The Morgan fingerprint density at radius 3 is 1.60 bits per heavy atom. The molecule has 5 nitrogen and oxygen atoms in total. The SMILES string of the molecule is C=CCN(NC(C)C)C(C)(O[SiH3])N(CC=C)NC(C)C. The highest BCUT2D eigenvalue weighted by molar-refractivity contribution is 5.98. The third kappa shape index (κ3) is 5.86. The second-order valence-corrected chi connectivity index (χ2v) is 5.91. The van der Waals surface area contributed by atoms with Gasteiger partial charge in [0.15, 0.2) is 5.85 Å². The van der Waals surface area contributed by atoms with E-state index in [4.69, 9.17) is 4.43 Å². The van der Waals surface area contributed by atoms with Crippen molar-refractivity contribution in [2.24, 2.45) is 0 Å². The van der Waals surface area contributed by atoms with E-state index in [-0.39, 0.29) is 0 Å². The molecule has 6 heteroatoms. The molecule has 0 atom stereocenters. The molecule has 2 N–H and O–H groups in total. The lowest BCUT2D eigenvalue weighted by Crippen LogP contribution is -2.69. The maximum absolute atomic E-state index is 5.94. The number of nitrogens with zero attached hydrogens (tertiary/aromatic N) is 2. The van der Waals surface area contributed by atoms with Gasteiger partial charge < -0.3 is 4.43 Å². The highest BCUT2D eigenvalue weighted by Gasteiger charge is 2.37. The fourth-order valence-corrected chi connectivity index (χ4v) is 2.37. The van der Waals surface area contributed by atoms with Gasteiger partial charge in [-0.1, -0.05) is 12.2 Å². The predicted molar refractivity (Wildman–Crippen MR) is 89.8 cm³/mol. The molecule has 0 aromatic rings. The van der Waals surface area contributed by atoms with E-state index in [1.807, 2.05) is 12.2 Å². The molecule has 0 rings (SSSR count). The zero-order valence-electron chi connectivity index (χ0n) is 13.9. The van der Waals surface area contributed by atoms with Gasteiger partial charge >= 0.3 is 0 Å². The lowest BCUT2D eigenvalue weighted by Gasteiger charge is -2.48. The topological polar surface area (TPSA) is 39.8 Å². The molecule has 0 aliphatic carbocycles. The van der Waals surface area contributed by atoms with E-state index >= 15 is 0 Å². The summed E-state index contributed by atoms with van der Waals surface area (Å²) in [5.41, 5.74) is 6.86. The summed E-state index contributed by atoms with van der Waals surface area (Å²) in [5.74, 6) is -0.594. The van der Waals surface area contributed by atoms with E-state index in [1.165, 1.54) is 0 Å². The molecule has 0 unspecified atom stereocenters. The van der Waals surface area contributed by atoms with Crippen LogP contribution in [0.5, 0.6) is 0 Å². The van der Waals surface area contributed by atoms with E-state index in [0.717, 1.165) is 0 Å². The van der Waals surface area contributed by atoms with Crippen molar-refractivity contribution in [1.82, 2.24) is 20.9 Å². The lowest BCUT2D eigenvalue weighted by molar-refractivity contribution is -0.219. The van der Waals surface area contributed by atoms with Gasteiger partial charge in [0.05, 0.1) is 0 Å². The molecule has 0 spiro atoms. The first-order valence-corrected chi connectivity index (χ1v) is 7.98. The Kier molecular flexibility index (Phi) is 9.20. The Morgan fingerprint density at radius 2 is 1.40 bits per heavy atom. The van der Waals surface area contributed by atoms with Crippen LogP contribution in [0.1, 0.15) is 34.6 Å². The average molecular weight is 301 g/mol. The number of hydrazine groups is 2. The van der Waals surface area contributed by atoms with Gasteiger partial charge in [-0.2, -0.15) is 10.0 Å². The lowest BCUT2D eigenvalue weighted by atomic mass is 10.3. The molecule has 20 heavy (non-hydrogen) atoms. The van der Waals surface area contributed by atoms with Crippen molar-refractivity contribution in [2.75, 3.05) is 13.1 Å². The van der Waals surface area contributed by atoms with Crippen molar-refractivity contribution >= 4 is 10.5 Å². The second-order valence-electron chi connectivity index (χ2n) is 5.50. The summed E-state index contributed by atoms with van der Waals surface area (Å²) in [6.07, 6.45) is 3.74. The van der Waals surface area contributed by atoms with Crippen LogP contribution in [0, 0.1) is 0 Å². The molecule has 0 amide bonds. The molecular weight excluding hydrogens is 268 g/mol. The van der Waals surface area contributed by atoms with Crippen molar-refractivity contribution in [3.05, 3.63) is 25.3 Å². The minimum Gasteiger partial charge on any atom is -0.397 e. The van der Waals surface area contributed by atoms with Gasteiger partial charge in [0.2, 0.25) is 0 Å². The molecule has 118 valence electrons. The van der Waals surface area contributed by atoms with Gasteiger partial charge in [-0.25, -0.2) is 10.9 Å². The number of hydrogen-bond acceptors (Lipinski definition) is 5. The smallest absolute Gasteiger partial charge is 0.192 e. The minimum atomic E-state index is -0.594. The zero-order chi connectivity index (χ0) is 15.8. The van der Waals surface area contributed by atoms with E-state index in [1.54, 1.807) is 0 Å². The molecule has 0 bridgehead atoms. The van der Waals surface area contributed by atoms with Crippen LogP contribution in [-0.4, -0.2) is 51.5 Å². The average Bonchev–Trinajstić information content (AvgIpc) is 2.36. The van der Waals surface area contributed by atoms with E-state index in [0.29, 0.717) is 35.7 Å². The highest BCUT2D eigenvalue weighted by Crippen LogP contribution is 2.19. The van der Waals surface area contributed by atoms with Gasteiger partial charge in [0.25, 0.3) is 0 Å². The minimum absolute atomic E-state index is 0.315. The fourth-order valence-electron chi connectivity index (χ4n) is 1.93. The van der Waals surface area contributed by atoms with Crippen LogP contribution in [0.25, 0.3) is 0 Å². The molecule has 0 aliphatic heterocycles. The quantitative estimate of drug-likeness (QED) is 0.255. The Balaban J connectivity index is 5.30. The molecular formula is C14H32N4OSi. The van der Waals surface area contributed by atoms with Gasteiger partial charge in [-0.15, -0.1) is 13.2 Å². The molecule has 0 aromatic heterocycles. The summed E-state index contributed by atoms with van der Waals surface area (Å²) < 4.78 is 5.94. The maximum atomic E-state index is 5.94. The molecule has 0 heterocycles. The van der Waals surface area contributed by atoms with Crippen LogP contribution in [-0.2, 0) is 4.43 Å². The van der Waals surface area contributed by atoms with Gasteiger partial charge in [-0.3, -0.25) is 0 Å². The predicted octanol–water partition coefficient (Wildman–Crippen LogP) is 0.759. The van der Waals surface area contributed by atoms with E-state index in [9.17, 15) is 0 Å². The van der Waals surface area contributed by atoms with Crippen LogP contribution in [0.3, 0.4) is 0 Å². The Bertz CT molecular complexity index is 273. The number of rotatable bonds is 11.